The number of methoxy groups -OCH3 is 1. The summed E-state index contributed by atoms with van der Waals surface area (Å²) in [6.45, 7) is 4.32. The molecule has 0 amide bonds. The lowest BCUT2D eigenvalue weighted by Crippen LogP contribution is -2.31. The maximum absolute atomic E-state index is 16.7. The van der Waals surface area contributed by atoms with Crippen LogP contribution >= 0.6 is 22.9 Å². The number of fused-ring (bicyclic) bond motifs is 1. The summed E-state index contributed by atoms with van der Waals surface area (Å²) in [4.78, 5) is 15.3. The van der Waals surface area contributed by atoms with Crippen molar-refractivity contribution in [3.8, 4) is 22.9 Å². The molecule has 6 rings (SSSR count). The fraction of sp³-hybridized carbons (Fsp3) is 0.214. The fourth-order valence-electron chi connectivity index (χ4n) is 5.31. The first-order valence-electron chi connectivity index (χ1n) is 12.6. The molecule has 4 heterocycles. The molecule has 0 radical (unpaired) electrons. The highest BCUT2D eigenvalue weighted by molar-refractivity contribution is 7.23. The van der Waals surface area contributed by atoms with Crippen molar-refractivity contribution < 1.29 is 18.3 Å². The van der Waals surface area contributed by atoms with Gasteiger partial charge in [-0.2, -0.15) is 9.97 Å². The van der Waals surface area contributed by atoms with Gasteiger partial charge >= 0.3 is 6.01 Å². The second kappa shape index (κ2) is 9.96. The van der Waals surface area contributed by atoms with Gasteiger partial charge < -0.3 is 31.3 Å². The van der Waals surface area contributed by atoms with Gasteiger partial charge in [0.05, 0.1) is 39.8 Å². The number of ether oxygens (including phenoxy) is 2. The summed E-state index contributed by atoms with van der Waals surface area (Å²) in [5.41, 5.74) is 14.3. The molecule has 41 heavy (non-hydrogen) atoms. The van der Waals surface area contributed by atoms with E-state index < -0.39 is 11.6 Å². The molecule has 1 aliphatic heterocycles. The van der Waals surface area contributed by atoms with Crippen molar-refractivity contribution in [3.05, 3.63) is 57.7 Å². The smallest absolute Gasteiger partial charge is 0.318 e. The molecule has 1 aliphatic rings. The van der Waals surface area contributed by atoms with Crippen LogP contribution in [0.1, 0.15) is 29.8 Å². The Morgan fingerprint density at radius 3 is 2.66 bits per heavy atom. The zero-order valence-electron chi connectivity index (χ0n) is 22.2. The molecule has 0 fully saturated rings. The average molecular weight is 596 g/mol. The van der Waals surface area contributed by atoms with Crippen LogP contribution in [0.4, 0.5) is 25.4 Å². The number of nitrogens with one attached hydrogen (secondary N) is 1. The summed E-state index contributed by atoms with van der Waals surface area (Å²) in [7, 11) is 1.39. The molecule has 13 heteroatoms. The van der Waals surface area contributed by atoms with Gasteiger partial charge in [-0.3, -0.25) is 0 Å². The van der Waals surface area contributed by atoms with Gasteiger partial charge in [-0.25, -0.2) is 13.8 Å². The van der Waals surface area contributed by atoms with E-state index in [2.05, 4.69) is 15.0 Å². The number of halogens is 3. The van der Waals surface area contributed by atoms with E-state index in [1.54, 1.807) is 0 Å². The maximum Gasteiger partial charge on any atom is 0.318 e. The first-order valence-corrected chi connectivity index (χ1v) is 13.8. The van der Waals surface area contributed by atoms with Crippen molar-refractivity contribution >= 4 is 66.8 Å². The first kappa shape index (κ1) is 26.9. The Morgan fingerprint density at radius 2 is 1.95 bits per heavy atom. The monoisotopic (exact) mass is 595 g/mol. The molecule has 5 N–H and O–H groups in total. The highest BCUT2D eigenvalue weighted by Gasteiger charge is 2.33. The second-order valence-corrected chi connectivity index (χ2v) is 11.0. The van der Waals surface area contributed by atoms with Crippen molar-refractivity contribution in [1.29, 1.82) is 5.41 Å². The number of nitrogen functional groups attached to an aromatic ring is 2. The predicted molar refractivity (Wildman–Crippen MR) is 159 cm³/mol. The largest absolute Gasteiger partial charge is 0.489 e. The lowest BCUT2D eigenvalue weighted by atomic mass is 9.96. The number of rotatable bonds is 5. The standard InChI is InChI=1S/C28H24ClF2N7O2S/c1-11-4-5-13(25(33)35-11)12(2)38-8-9-40-23-19-22(36-28(39-3)37-27(19)38)21(31)18(20(23)29)14-6-7-16(30)24-17(14)15(10-32)26(34)41-24/h4-7,10,12,32H,8-9,34H2,1-3H3,(H2,33,35). The molecule has 210 valence electrons. The van der Waals surface area contributed by atoms with Gasteiger partial charge in [0.2, 0.25) is 0 Å². The van der Waals surface area contributed by atoms with Gasteiger partial charge in [0, 0.05) is 34.0 Å². The molecule has 5 aromatic rings. The van der Waals surface area contributed by atoms with E-state index in [0.29, 0.717) is 18.2 Å². The molecule has 1 atom stereocenters. The molecule has 3 aromatic heterocycles. The Kier molecular flexibility index (Phi) is 6.54. The van der Waals surface area contributed by atoms with Crippen LogP contribution in [0.15, 0.2) is 24.3 Å². The van der Waals surface area contributed by atoms with Crippen molar-refractivity contribution in [2.45, 2.75) is 19.9 Å². The van der Waals surface area contributed by atoms with Crippen LogP contribution in [0.25, 0.3) is 32.1 Å². The van der Waals surface area contributed by atoms with Crippen molar-refractivity contribution in [3.63, 3.8) is 0 Å². The number of benzene rings is 2. The number of thiophene rings is 1. The number of aryl methyl sites for hydroxylation is 1. The third-order valence-electron chi connectivity index (χ3n) is 7.26. The van der Waals surface area contributed by atoms with Crippen LogP contribution in [0, 0.1) is 24.0 Å². The molecule has 0 bridgehead atoms. The van der Waals surface area contributed by atoms with Gasteiger partial charge in [-0.1, -0.05) is 23.7 Å². The molecule has 0 spiro atoms. The summed E-state index contributed by atoms with van der Waals surface area (Å²) in [6, 6.07) is 6.00. The second-order valence-electron chi connectivity index (χ2n) is 9.56. The van der Waals surface area contributed by atoms with E-state index in [0.717, 1.165) is 28.8 Å². The van der Waals surface area contributed by atoms with Crippen molar-refractivity contribution in [2.75, 3.05) is 36.6 Å². The summed E-state index contributed by atoms with van der Waals surface area (Å²) in [6.07, 6.45) is 1.02. The lowest BCUT2D eigenvalue weighted by molar-refractivity contribution is 0.328. The maximum atomic E-state index is 16.7. The minimum atomic E-state index is -0.779. The quantitative estimate of drug-likeness (QED) is 0.202. The predicted octanol–water partition coefficient (Wildman–Crippen LogP) is 6.28. The summed E-state index contributed by atoms with van der Waals surface area (Å²) < 4.78 is 43.2. The van der Waals surface area contributed by atoms with Crippen LogP contribution in [0.2, 0.25) is 5.02 Å². The van der Waals surface area contributed by atoms with Gasteiger partial charge in [-0.05, 0) is 31.5 Å². The van der Waals surface area contributed by atoms with E-state index in [1.165, 1.54) is 19.2 Å². The minimum Gasteiger partial charge on any atom is -0.489 e. The Morgan fingerprint density at radius 1 is 1.17 bits per heavy atom. The topological polar surface area (TPSA) is 136 Å². The molecule has 2 aromatic carbocycles. The summed E-state index contributed by atoms with van der Waals surface area (Å²) >= 11 is 7.91. The molecule has 1 unspecified atom stereocenters. The number of nitrogens with zero attached hydrogens (tertiary/aromatic N) is 4. The van der Waals surface area contributed by atoms with Gasteiger partial charge in [-0.15, -0.1) is 11.3 Å². The van der Waals surface area contributed by atoms with Crippen molar-refractivity contribution in [1.82, 2.24) is 15.0 Å². The zero-order chi connectivity index (χ0) is 29.2. The number of aromatic nitrogens is 3. The lowest BCUT2D eigenvalue weighted by Gasteiger charge is -2.30. The van der Waals surface area contributed by atoms with Gasteiger partial charge in [0.1, 0.15) is 29.6 Å². The van der Waals surface area contributed by atoms with Crippen LogP contribution in [-0.4, -0.2) is 41.4 Å². The van der Waals surface area contributed by atoms with Crippen LogP contribution in [0.3, 0.4) is 0 Å². The summed E-state index contributed by atoms with van der Waals surface area (Å²) in [5, 5.41) is 8.61. The zero-order valence-corrected chi connectivity index (χ0v) is 23.8. The number of hydrogen-bond donors (Lipinski definition) is 3. The first-order chi connectivity index (χ1) is 19.7. The average Bonchev–Trinajstić information content (AvgIpc) is 3.17. The number of hydrogen-bond acceptors (Lipinski definition) is 10. The normalized spacial score (nSPS) is 13.8. The van der Waals surface area contributed by atoms with E-state index in [4.69, 9.17) is 38.0 Å². The minimum absolute atomic E-state index is 0.0374. The van der Waals surface area contributed by atoms with Crippen LogP contribution in [-0.2, 0) is 0 Å². The molecule has 0 saturated carbocycles. The Hall–Kier alpha value is -4.29. The molecular weight excluding hydrogens is 572 g/mol. The highest BCUT2D eigenvalue weighted by Crippen LogP contribution is 2.51. The molecular formula is C28H24ClF2N7O2S. The molecule has 0 aliphatic carbocycles. The SMILES string of the molecule is COc1nc2c3c(c(Cl)c(-c4ccc(F)c5sc(N)c(C=N)c45)c(F)c3n1)OCCN2C(C)c1ccc(C)nc1N. The molecule has 9 nitrogen and oxygen atoms in total. The number of pyridine rings is 1. The Bertz CT molecular complexity index is 1900. The number of anilines is 3. The van der Waals surface area contributed by atoms with E-state index in [-0.39, 0.29) is 72.1 Å². The van der Waals surface area contributed by atoms with Crippen LogP contribution < -0.4 is 25.8 Å². The fourth-order valence-corrected chi connectivity index (χ4v) is 6.62. The summed E-state index contributed by atoms with van der Waals surface area (Å²) in [5.74, 6) is -0.419. The van der Waals surface area contributed by atoms with E-state index >= 15 is 4.39 Å². The Balaban J connectivity index is 1.66. The third-order valence-corrected chi connectivity index (χ3v) is 8.66. The molecule has 0 saturated heterocycles. The van der Waals surface area contributed by atoms with Gasteiger partial charge in [0.25, 0.3) is 0 Å². The Labute approximate surface area is 242 Å². The highest BCUT2D eigenvalue weighted by atomic mass is 35.5. The van der Waals surface area contributed by atoms with E-state index in [1.807, 2.05) is 30.9 Å². The number of nitrogens with two attached hydrogens (primary N) is 2. The van der Waals surface area contributed by atoms with E-state index in [9.17, 15) is 4.39 Å². The van der Waals surface area contributed by atoms with Crippen molar-refractivity contribution in [2.24, 2.45) is 0 Å². The van der Waals surface area contributed by atoms with Crippen LogP contribution in [0.5, 0.6) is 11.8 Å². The third kappa shape index (κ3) is 4.08. The van der Waals surface area contributed by atoms with Gasteiger partial charge in [0.15, 0.2) is 11.6 Å².